The third-order valence-electron chi connectivity index (χ3n) is 3.51. The zero-order valence-electron chi connectivity index (χ0n) is 10.7. The number of rotatable bonds is 3. The van der Waals surface area contributed by atoms with Gasteiger partial charge in [-0.2, -0.15) is 4.31 Å². The van der Waals surface area contributed by atoms with Gasteiger partial charge < -0.3 is 5.73 Å². The Kier molecular flexibility index (Phi) is 3.70. The van der Waals surface area contributed by atoms with Gasteiger partial charge in [0.15, 0.2) is 0 Å². The summed E-state index contributed by atoms with van der Waals surface area (Å²) in [7, 11) is -3.45. The first kappa shape index (κ1) is 13.5. The molecule has 1 aromatic heterocycles. The predicted octanol–water partition coefficient (Wildman–Crippen LogP) is 0.685. The highest BCUT2D eigenvalue weighted by molar-refractivity contribution is 7.89. The van der Waals surface area contributed by atoms with Gasteiger partial charge in [-0.05, 0) is 24.0 Å². The Morgan fingerprint density at radius 2 is 2.17 bits per heavy atom. The van der Waals surface area contributed by atoms with Gasteiger partial charge in [-0.1, -0.05) is 13.8 Å². The van der Waals surface area contributed by atoms with E-state index in [9.17, 15) is 8.42 Å². The quantitative estimate of drug-likeness (QED) is 0.875. The first-order valence-corrected chi connectivity index (χ1v) is 7.52. The SMILES string of the molecule is CC(C)[C@H]1CN(S(=O)(=O)c2cccnc2)C[C@@H]1N. The lowest BCUT2D eigenvalue weighted by Crippen LogP contribution is -2.33. The Bertz CT molecular complexity index is 501. The molecule has 0 spiro atoms. The second-order valence-electron chi connectivity index (χ2n) is 5.08. The lowest BCUT2D eigenvalue weighted by atomic mass is 9.92. The first-order chi connectivity index (χ1) is 8.43. The second-order valence-corrected chi connectivity index (χ2v) is 7.02. The topological polar surface area (TPSA) is 76.3 Å². The molecule has 2 heterocycles. The molecule has 2 atom stereocenters. The number of hydrogen-bond donors (Lipinski definition) is 1. The monoisotopic (exact) mass is 269 g/mol. The molecule has 1 fully saturated rings. The van der Waals surface area contributed by atoms with Crippen LogP contribution in [-0.2, 0) is 10.0 Å². The zero-order valence-corrected chi connectivity index (χ0v) is 11.5. The Hall–Kier alpha value is -0.980. The summed E-state index contributed by atoms with van der Waals surface area (Å²) in [6, 6.07) is 3.11. The van der Waals surface area contributed by atoms with Crippen LogP contribution in [0.25, 0.3) is 0 Å². The molecule has 1 saturated heterocycles. The normalized spacial score (nSPS) is 25.8. The Morgan fingerprint density at radius 3 is 2.67 bits per heavy atom. The van der Waals surface area contributed by atoms with Gasteiger partial charge in [0, 0.05) is 31.5 Å². The number of nitrogens with two attached hydrogens (primary N) is 1. The summed E-state index contributed by atoms with van der Waals surface area (Å²) in [4.78, 5) is 4.10. The molecule has 0 aromatic carbocycles. The van der Waals surface area contributed by atoms with Gasteiger partial charge in [-0.25, -0.2) is 8.42 Å². The molecule has 1 aliphatic heterocycles. The van der Waals surface area contributed by atoms with Gasteiger partial charge >= 0.3 is 0 Å². The van der Waals surface area contributed by atoms with Crippen LogP contribution >= 0.6 is 0 Å². The Labute approximate surface area is 108 Å². The van der Waals surface area contributed by atoms with Crippen molar-refractivity contribution in [2.75, 3.05) is 13.1 Å². The van der Waals surface area contributed by atoms with Gasteiger partial charge in [-0.15, -0.1) is 0 Å². The van der Waals surface area contributed by atoms with Crippen molar-refractivity contribution in [2.45, 2.75) is 24.8 Å². The molecule has 2 rings (SSSR count). The molecule has 2 N–H and O–H groups in total. The molecule has 0 aliphatic carbocycles. The maximum atomic E-state index is 12.4. The van der Waals surface area contributed by atoms with Crippen molar-refractivity contribution in [3.63, 3.8) is 0 Å². The molecule has 5 nitrogen and oxygen atoms in total. The minimum absolute atomic E-state index is 0.0866. The fourth-order valence-corrected chi connectivity index (χ4v) is 3.85. The zero-order chi connectivity index (χ0) is 13.3. The van der Waals surface area contributed by atoms with E-state index in [0.717, 1.165) is 0 Å². The van der Waals surface area contributed by atoms with Crippen LogP contribution < -0.4 is 5.73 Å². The molecule has 0 amide bonds. The summed E-state index contributed by atoms with van der Waals surface area (Å²) in [5, 5.41) is 0. The van der Waals surface area contributed by atoms with Crippen LogP contribution in [0.3, 0.4) is 0 Å². The molecular weight excluding hydrogens is 250 g/mol. The minimum atomic E-state index is -3.45. The molecule has 100 valence electrons. The summed E-state index contributed by atoms with van der Waals surface area (Å²) < 4.78 is 26.2. The summed E-state index contributed by atoms with van der Waals surface area (Å²) in [5.74, 6) is 0.602. The summed E-state index contributed by atoms with van der Waals surface area (Å²) in [5.41, 5.74) is 6.02. The average Bonchev–Trinajstić information content (AvgIpc) is 2.73. The van der Waals surface area contributed by atoms with E-state index in [4.69, 9.17) is 5.73 Å². The van der Waals surface area contributed by atoms with Crippen LogP contribution in [0.1, 0.15) is 13.8 Å². The highest BCUT2D eigenvalue weighted by atomic mass is 32.2. The number of pyridine rings is 1. The lowest BCUT2D eigenvalue weighted by Gasteiger charge is -2.18. The molecule has 1 aromatic rings. The fraction of sp³-hybridized carbons (Fsp3) is 0.583. The molecule has 1 aliphatic rings. The molecule has 0 bridgehead atoms. The van der Waals surface area contributed by atoms with Gasteiger partial charge in [0.2, 0.25) is 10.0 Å². The molecule has 6 heteroatoms. The minimum Gasteiger partial charge on any atom is -0.326 e. The number of aromatic nitrogens is 1. The second kappa shape index (κ2) is 4.95. The standard InChI is InChI=1S/C12H19N3O2S/c1-9(2)11-7-15(8-12(11)13)18(16,17)10-4-3-5-14-6-10/h3-6,9,11-12H,7-8,13H2,1-2H3/t11-,12+/m1/s1. The average molecular weight is 269 g/mol. The van der Waals surface area contributed by atoms with E-state index in [2.05, 4.69) is 18.8 Å². The van der Waals surface area contributed by atoms with Gasteiger partial charge in [0.25, 0.3) is 0 Å². The van der Waals surface area contributed by atoms with Crippen LogP contribution in [0, 0.1) is 11.8 Å². The highest BCUT2D eigenvalue weighted by Crippen LogP contribution is 2.27. The number of sulfonamides is 1. The molecule has 0 radical (unpaired) electrons. The number of hydrogen-bond acceptors (Lipinski definition) is 4. The van der Waals surface area contributed by atoms with Crippen molar-refractivity contribution in [3.8, 4) is 0 Å². The Morgan fingerprint density at radius 1 is 1.44 bits per heavy atom. The summed E-state index contributed by atoms with van der Waals surface area (Å²) in [6.45, 7) is 5.03. The first-order valence-electron chi connectivity index (χ1n) is 6.08. The van der Waals surface area contributed by atoms with Crippen molar-refractivity contribution in [1.29, 1.82) is 0 Å². The van der Waals surface area contributed by atoms with E-state index in [1.54, 1.807) is 18.3 Å². The van der Waals surface area contributed by atoms with Crippen molar-refractivity contribution in [1.82, 2.24) is 9.29 Å². The van der Waals surface area contributed by atoms with Crippen molar-refractivity contribution < 1.29 is 8.42 Å². The molecule has 0 unspecified atom stereocenters. The predicted molar refractivity (Wildman–Crippen MR) is 69.3 cm³/mol. The highest BCUT2D eigenvalue weighted by Gasteiger charge is 2.38. The molecular formula is C12H19N3O2S. The van der Waals surface area contributed by atoms with Crippen LogP contribution in [0.5, 0.6) is 0 Å². The maximum Gasteiger partial charge on any atom is 0.244 e. The van der Waals surface area contributed by atoms with Gasteiger partial charge in [-0.3, -0.25) is 4.98 Å². The van der Waals surface area contributed by atoms with E-state index in [1.165, 1.54) is 10.5 Å². The van der Waals surface area contributed by atoms with E-state index in [0.29, 0.717) is 19.0 Å². The van der Waals surface area contributed by atoms with Crippen molar-refractivity contribution in [2.24, 2.45) is 17.6 Å². The van der Waals surface area contributed by atoms with Crippen molar-refractivity contribution in [3.05, 3.63) is 24.5 Å². The van der Waals surface area contributed by atoms with Gasteiger partial charge in [0.1, 0.15) is 4.90 Å². The van der Waals surface area contributed by atoms with E-state index >= 15 is 0 Å². The van der Waals surface area contributed by atoms with Crippen LogP contribution in [0.15, 0.2) is 29.4 Å². The summed E-state index contributed by atoms with van der Waals surface area (Å²) in [6.07, 6.45) is 2.94. The van der Waals surface area contributed by atoms with Gasteiger partial charge in [0.05, 0.1) is 0 Å². The third kappa shape index (κ3) is 2.41. The van der Waals surface area contributed by atoms with E-state index in [1.807, 2.05) is 0 Å². The lowest BCUT2D eigenvalue weighted by molar-refractivity contribution is 0.368. The van der Waals surface area contributed by atoms with Crippen molar-refractivity contribution >= 4 is 10.0 Å². The Balaban J connectivity index is 2.24. The van der Waals surface area contributed by atoms with Crippen LogP contribution in [0.2, 0.25) is 0 Å². The van der Waals surface area contributed by atoms with E-state index < -0.39 is 10.0 Å². The summed E-state index contributed by atoms with van der Waals surface area (Å²) >= 11 is 0. The largest absolute Gasteiger partial charge is 0.326 e. The molecule has 0 saturated carbocycles. The third-order valence-corrected chi connectivity index (χ3v) is 5.32. The van der Waals surface area contributed by atoms with Crippen LogP contribution in [0.4, 0.5) is 0 Å². The smallest absolute Gasteiger partial charge is 0.244 e. The maximum absolute atomic E-state index is 12.4. The number of nitrogens with zero attached hydrogens (tertiary/aromatic N) is 2. The van der Waals surface area contributed by atoms with Crippen LogP contribution in [-0.4, -0.2) is 36.8 Å². The fourth-order valence-electron chi connectivity index (χ4n) is 2.37. The van der Waals surface area contributed by atoms with E-state index in [-0.39, 0.29) is 16.9 Å². The molecule has 18 heavy (non-hydrogen) atoms.